The molecule has 5 heteroatoms. The number of rotatable bonds is 5. The van der Waals surface area contributed by atoms with Crippen molar-refractivity contribution in [3.8, 4) is 0 Å². The molecule has 0 radical (unpaired) electrons. The molecule has 0 atom stereocenters. The lowest BCUT2D eigenvalue weighted by atomic mass is 10.0. The van der Waals surface area contributed by atoms with E-state index in [4.69, 9.17) is 4.52 Å². The number of hydrogen-bond donors (Lipinski definition) is 1. The van der Waals surface area contributed by atoms with Crippen LogP contribution >= 0.6 is 0 Å². The first-order valence-corrected chi connectivity index (χ1v) is 8.16. The molecule has 1 saturated carbocycles. The predicted molar refractivity (Wildman–Crippen MR) is 80.3 cm³/mol. The maximum atomic E-state index is 12.6. The Morgan fingerprint density at radius 2 is 2.05 bits per heavy atom. The molecule has 1 aliphatic heterocycles. The lowest BCUT2D eigenvalue weighted by molar-refractivity contribution is 0.0702. The molecule has 1 aromatic rings. The van der Waals surface area contributed by atoms with Crippen molar-refractivity contribution in [2.24, 2.45) is 5.92 Å². The quantitative estimate of drug-likeness (QED) is 0.903. The summed E-state index contributed by atoms with van der Waals surface area (Å²) in [5.41, 5.74) is 1.40. The largest absolute Gasteiger partial charge is 0.360 e. The minimum atomic E-state index is 0.0891. The summed E-state index contributed by atoms with van der Waals surface area (Å²) < 4.78 is 5.24. The molecule has 1 aliphatic carbocycles. The van der Waals surface area contributed by atoms with E-state index in [-0.39, 0.29) is 5.91 Å². The van der Waals surface area contributed by atoms with Crippen LogP contribution in [-0.2, 0) is 6.42 Å². The highest BCUT2D eigenvalue weighted by molar-refractivity contribution is 5.96. The fourth-order valence-electron chi connectivity index (χ4n) is 3.03. The van der Waals surface area contributed by atoms with Gasteiger partial charge in [0, 0.05) is 25.6 Å². The molecule has 1 saturated heterocycles. The molecule has 1 N–H and O–H groups in total. The molecule has 5 nitrogen and oxygen atoms in total. The summed E-state index contributed by atoms with van der Waals surface area (Å²) in [6.07, 6.45) is 5.57. The van der Waals surface area contributed by atoms with Gasteiger partial charge in [0.15, 0.2) is 0 Å². The van der Waals surface area contributed by atoms with E-state index in [1.807, 2.05) is 18.7 Å². The van der Waals surface area contributed by atoms with Crippen LogP contribution in [0.3, 0.4) is 0 Å². The summed E-state index contributed by atoms with van der Waals surface area (Å²) in [4.78, 5) is 14.6. The number of aryl methyl sites for hydroxylation is 2. The van der Waals surface area contributed by atoms with Crippen molar-refractivity contribution in [2.45, 2.75) is 52.0 Å². The third-order valence-electron chi connectivity index (χ3n) is 4.64. The van der Waals surface area contributed by atoms with Crippen molar-refractivity contribution in [2.75, 3.05) is 19.6 Å². The van der Waals surface area contributed by atoms with Gasteiger partial charge in [0.05, 0.1) is 5.69 Å². The van der Waals surface area contributed by atoms with Crippen LogP contribution in [0.1, 0.15) is 54.4 Å². The normalized spacial score (nSPS) is 20.0. The first-order valence-electron chi connectivity index (χ1n) is 8.16. The summed E-state index contributed by atoms with van der Waals surface area (Å²) >= 11 is 0. The number of carbonyl (C=O) groups excluding carboxylic acids is 1. The first kappa shape index (κ1) is 14.6. The van der Waals surface area contributed by atoms with Crippen LogP contribution < -0.4 is 5.32 Å². The van der Waals surface area contributed by atoms with Crippen LogP contribution in [0.15, 0.2) is 4.52 Å². The van der Waals surface area contributed by atoms with Gasteiger partial charge in [0.1, 0.15) is 11.3 Å². The van der Waals surface area contributed by atoms with Gasteiger partial charge in [-0.25, -0.2) is 0 Å². The van der Waals surface area contributed by atoms with Gasteiger partial charge < -0.3 is 14.7 Å². The number of amides is 1. The molecule has 1 aromatic heterocycles. The molecule has 2 fully saturated rings. The second-order valence-electron chi connectivity index (χ2n) is 6.34. The lowest BCUT2D eigenvalue weighted by Crippen LogP contribution is -2.45. The van der Waals surface area contributed by atoms with Gasteiger partial charge in [-0.15, -0.1) is 0 Å². The summed E-state index contributed by atoms with van der Waals surface area (Å²) in [6.45, 7) is 6.65. The van der Waals surface area contributed by atoms with Crippen molar-refractivity contribution < 1.29 is 9.32 Å². The highest BCUT2D eigenvalue weighted by Gasteiger charge is 2.29. The SMILES string of the molecule is CCc1onc(C)c1C(=O)N1CCC(NCC2CC2)CC1. The molecule has 21 heavy (non-hydrogen) atoms. The minimum Gasteiger partial charge on any atom is -0.360 e. The highest BCUT2D eigenvalue weighted by atomic mass is 16.5. The second-order valence-corrected chi connectivity index (χ2v) is 6.34. The Bertz CT molecular complexity index is 500. The van der Waals surface area contributed by atoms with Crippen molar-refractivity contribution in [1.29, 1.82) is 0 Å². The fourth-order valence-corrected chi connectivity index (χ4v) is 3.03. The lowest BCUT2D eigenvalue weighted by Gasteiger charge is -2.32. The van der Waals surface area contributed by atoms with E-state index in [9.17, 15) is 4.79 Å². The molecule has 116 valence electrons. The maximum absolute atomic E-state index is 12.6. The number of likely N-dealkylation sites (tertiary alicyclic amines) is 1. The Balaban J connectivity index is 1.55. The third-order valence-corrected chi connectivity index (χ3v) is 4.64. The average molecular weight is 291 g/mol. The van der Waals surface area contributed by atoms with E-state index in [1.54, 1.807) is 0 Å². The van der Waals surface area contributed by atoms with E-state index in [0.29, 0.717) is 29.5 Å². The van der Waals surface area contributed by atoms with Crippen LogP contribution in [-0.4, -0.2) is 41.6 Å². The van der Waals surface area contributed by atoms with Gasteiger partial charge in [-0.2, -0.15) is 0 Å². The molecule has 2 aliphatic rings. The van der Waals surface area contributed by atoms with Gasteiger partial charge in [0.2, 0.25) is 0 Å². The standard InChI is InChI=1S/C16H25N3O2/c1-3-14-15(11(2)18-21-14)16(20)19-8-6-13(7-9-19)17-10-12-4-5-12/h12-13,17H,3-10H2,1-2H3. The number of nitrogens with zero attached hydrogens (tertiary/aromatic N) is 2. The van der Waals surface area contributed by atoms with E-state index in [2.05, 4.69) is 10.5 Å². The molecule has 1 amide bonds. The topological polar surface area (TPSA) is 58.4 Å². The fraction of sp³-hybridized carbons (Fsp3) is 0.750. The van der Waals surface area contributed by atoms with E-state index >= 15 is 0 Å². The molecule has 0 spiro atoms. The number of hydrogen-bond acceptors (Lipinski definition) is 4. The Morgan fingerprint density at radius 1 is 1.33 bits per heavy atom. The zero-order valence-corrected chi connectivity index (χ0v) is 13.0. The van der Waals surface area contributed by atoms with E-state index in [1.165, 1.54) is 12.8 Å². The summed E-state index contributed by atoms with van der Waals surface area (Å²) in [7, 11) is 0. The average Bonchev–Trinajstić information content (AvgIpc) is 3.26. The van der Waals surface area contributed by atoms with Gasteiger partial charge in [-0.3, -0.25) is 4.79 Å². The Kier molecular flexibility index (Phi) is 4.29. The molecule has 0 bridgehead atoms. The summed E-state index contributed by atoms with van der Waals surface area (Å²) in [5, 5.41) is 7.58. The first-order chi connectivity index (χ1) is 10.2. The predicted octanol–water partition coefficient (Wildman–Crippen LogP) is 2.15. The smallest absolute Gasteiger partial charge is 0.259 e. The number of piperidine rings is 1. The van der Waals surface area contributed by atoms with E-state index < -0.39 is 0 Å². The Hall–Kier alpha value is -1.36. The van der Waals surface area contributed by atoms with Crippen molar-refractivity contribution in [3.05, 3.63) is 17.0 Å². The van der Waals surface area contributed by atoms with Crippen molar-refractivity contribution in [3.63, 3.8) is 0 Å². The molecule has 2 heterocycles. The van der Waals surface area contributed by atoms with E-state index in [0.717, 1.165) is 38.4 Å². The third kappa shape index (κ3) is 3.28. The minimum absolute atomic E-state index is 0.0891. The second kappa shape index (κ2) is 6.18. The maximum Gasteiger partial charge on any atom is 0.259 e. The molecular formula is C16H25N3O2. The zero-order chi connectivity index (χ0) is 14.8. The molecule has 0 unspecified atom stereocenters. The Labute approximate surface area is 126 Å². The number of aromatic nitrogens is 1. The monoisotopic (exact) mass is 291 g/mol. The summed E-state index contributed by atoms with van der Waals surface area (Å²) in [5.74, 6) is 1.72. The van der Waals surface area contributed by atoms with Gasteiger partial charge in [0.25, 0.3) is 5.91 Å². The highest BCUT2D eigenvalue weighted by Crippen LogP contribution is 2.28. The van der Waals surface area contributed by atoms with Crippen LogP contribution in [0.5, 0.6) is 0 Å². The molecular weight excluding hydrogens is 266 g/mol. The van der Waals surface area contributed by atoms with Gasteiger partial charge in [-0.1, -0.05) is 12.1 Å². The summed E-state index contributed by atoms with van der Waals surface area (Å²) in [6, 6.07) is 0.573. The van der Waals surface area contributed by atoms with Gasteiger partial charge in [-0.05, 0) is 45.1 Å². The van der Waals surface area contributed by atoms with Crippen molar-refractivity contribution >= 4 is 5.91 Å². The Morgan fingerprint density at radius 3 is 2.67 bits per heavy atom. The van der Waals surface area contributed by atoms with Crippen molar-refractivity contribution in [1.82, 2.24) is 15.4 Å². The molecule has 0 aromatic carbocycles. The van der Waals surface area contributed by atoms with Crippen LogP contribution in [0.25, 0.3) is 0 Å². The number of carbonyl (C=O) groups is 1. The van der Waals surface area contributed by atoms with Crippen LogP contribution in [0.2, 0.25) is 0 Å². The van der Waals surface area contributed by atoms with Gasteiger partial charge >= 0.3 is 0 Å². The van der Waals surface area contributed by atoms with Crippen LogP contribution in [0.4, 0.5) is 0 Å². The molecule has 3 rings (SSSR count). The van der Waals surface area contributed by atoms with Crippen LogP contribution in [0, 0.1) is 12.8 Å². The number of nitrogens with one attached hydrogen (secondary N) is 1. The zero-order valence-electron chi connectivity index (χ0n) is 13.0.